The summed E-state index contributed by atoms with van der Waals surface area (Å²) in [5, 5.41) is 2.79. The van der Waals surface area contributed by atoms with E-state index in [-0.39, 0.29) is 11.5 Å². The molecule has 0 unspecified atom stereocenters. The van der Waals surface area contributed by atoms with Gasteiger partial charge in [0.1, 0.15) is 17.3 Å². The number of hydrogen-bond acceptors (Lipinski definition) is 6. The molecule has 1 amide bonds. The van der Waals surface area contributed by atoms with Gasteiger partial charge in [-0.2, -0.15) is 0 Å². The number of carbonyl (C=O) groups excluding carboxylic acids is 1. The highest BCUT2D eigenvalue weighted by Crippen LogP contribution is 2.26. The normalized spacial score (nSPS) is 14.7. The van der Waals surface area contributed by atoms with Crippen molar-refractivity contribution in [1.29, 1.82) is 0 Å². The zero-order valence-electron chi connectivity index (χ0n) is 17.3. The quantitative estimate of drug-likeness (QED) is 0.714. The first-order valence-corrected chi connectivity index (χ1v) is 9.81. The SMILES string of the molecule is COc1ccc(NC(=O)c2nc3cc(F)c(N4CCN(C)CC4)cc3nc2C)cc1. The van der Waals surface area contributed by atoms with E-state index in [1.165, 1.54) is 6.07 Å². The predicted molar refractivity (Wildman–Crippen MR) is 115 cm³/mol. The second-order valence-electron chi connectivity index (χ2n) is 7.42. The molecule has 0 spiro atoms. The zero-order chi connectivity index (χ0) is 21.3. The number of halogens is 1. The minimum atomic E-state index is -0.393. The summed E-state index contributed by atoms with van der Waals surface area (Å²) in [5.74, 6) is -0.0522. The maximum Gasteiger partial charge on any atom is 0.276 e. The van der Waals surface area contributed by atoms with Crippen molar-refractivity contribution in [2.75, 3.05) is 50.6 Å². The summed E-state index contributed by atoms with van der Waals surface area (Å²) < 4.78 is 19.9. The molecule has 30 heavy (non-hydrogen) atoms. The topological polar surface area (TPSA) is 70.6 Å². The number of aromatic nitrogens is 2. The Kier molecular flexibility index (Phi) is 5.50. The Bertz CT molecular complexity index is 1080. The molecule has 0 saturated carbocycles. The Hall–Kier alpha value is -3.26. The molecule has 8 heteroatoms. The maximum absolute atomic E-state index is 14.8. The lowest BCUT2D eigenvalue weighted by Gasteiger charge is -2.34. The zero-order valence-corrected chi connectivity index (χ0v) is 17.3. The van der Waals surface area contributed by atoms with Crippen LogP contribution in [0.3, 0.4) is 0 Å². The van der Waals surface area contributed by atoms with E-state index in [0.29, 0.717) is 33.9 Å². The van der Waals surface area contributed by atoms with Gasteiger partial charge in [0.25, 0.3) is 5.91 Å². The molecule has 1 aliphatic rings. The second-order valence-corrected chi connectivity index (χ2v) is 7.42. The summed E-state index contributed by atoms with van der Waals surface area (Å²) in [6.45, 7) is 5.01. The Labute approximate surface area is 174 Å². The molecule has 1 aromatic heterocycles. The number of benzene rings is 2. The van der Waals surface area contributed by atoms with Gasteiger partial charge in [-0.1, -0.05) is 0 Å². The van der Waals surface area contributed by atoms with Crippen LogP contribution in [0.5, 0.6) is 5.75 Å². The monoisotopic (exact) mass is 409 g/mol. The first kappa shape index (κ1) is 20.0. The number of amides is 1. The minimum absolute atomic E-state index is 0.171. The smallest absolute Gasteiger partial charge is 0.276 e. The average molecular weight is 409 g/mol. The van der Waals surface area contributed by atoms with Crippen molar-refractivity contribution in [3.05, 3.63) is 53.6 Å². The number of nitrogens with one attached hydrogen (secondary N) is 1. The lowest BCUT2D eigenvalue weighted by Crippen LogP contribution is -2.44. The van der Waals surface area contributed by atoms with E-state index >= 15 is 0 Å². The number of methoxy groups -OCH3 is 1. The number of nitrogens with zero attached hydrogens (tertiary/aromatic N) is 4. The molecule has 1 fully saturated rings. The second kappa shape index (κ2) is 8.23. The molecule has 0 radical (unpaired) electrons. The number of rotatable bonds is 4. The number of ether oxygens (including phenoxy) is 1. The number of carbonyl (C=O) groups is 1. The highest BCUT2D eigenvalue weighted by Gasteiger charge is 2.20. The lowest BCUT2D eigenvalue weighted by molar-refractivity contribution is 0.102. The number of anilines is 2. The number of hydrogen-bond donors (Lipinski definition) is 1. The number of piperazine rings is 1. The van der Waals surface area contributed by atoms with Crippen molar-refractivity contribution in [3.63, 3.8) is 0 Å². The molecule has 1 saturated heterocycles. The molecule has 3 aromatic rings. The highest BCUT2D eigenvalue weighted by atomic mass is 19.1. The van der Waals surface area contributed by atoms with E-state index in [9.17, 15) is 9.18 Å². The first-order valence-electron chi connectivity index (χ1n) is 9.81. The van der Waals surface area contributed by atoms with Gasteiger partial charge in [-0.05, 0) is 44.3 Å². The Morgan fingerprint density at radius 2 is 1.73 bits per heavy atom. The fourth-order valence-corrected chi connectivity index (χ4v) is 3.52. The molecule has 156 valence electrons. The van der Waals surface area contributed by atoms with Crippen LogP contribution < -0.4 is 15.0 Å². The summed E-state index contributed by atoms with van der Waals surface area (Å²) in [6, 6.07) is 10.1. The van der Waals surface area contributed by atoms with Crippen LogP contribution in [0.2, 0.25) is 0 Å². The predicted octanol–water partition coefficient (Wildman–Crippen LogP) is 3.09. The summed E-state index contributed by atoms with van der Waals surface area (Å²) >= 11 is 0. The van der Waals surface area contributed by atoms with Crippen LogP contribution in [-0.4, -0.2) is 61.1 Å². The number of aryl methyl sites for hydroxylation is 1. The Balaban J connectivity index is 1.61. The van der Waals surface area contributed by atoms with Gasteiger partial charge in [0.2, 0.25) is 0 Å². The maximum atomic E-state index is 14.8. The van der Waals surface area contributed by atoms with Crippen LogP contribution in [0.1, 0.15) is 16.2 Å². The van der Waals surface area contributed by atoms with E-state index in [0.717, 1.165) is 26.2 Å². The van der Waals surface area contributed by atoms with E-state index in [4.69, 9.17) is 4.74 Å². The van der Waals surface area contributed by atoms with Crippen LogP contribution in [0.25, 0.3) is 11.0 Å². The molecule has 1 aliphatic heterocycles. The number of fused-ring (bicyclic) bond motifs is 1. The molecule has 2 heterocycles. The molecule has 0 aliphatic carbocycles. The highest BCUT2D eigenvalue weighted by molar-refractivity contribution is 6.04. The Morgan fingerprint density at radius 3 is 2.40 bits per heavy atom. The van der Waals surface area contributed by atoms with Crippen molar-refractivity contribution in [2.45, 2.75) is 6.92 Å². The summed E-state index contributed by atoms with van der Waals surface area (Å²) in [5.41, 5.74) is 2.73. The van der Waals surface area contributed by atoms with Crippen molar-refractivity contribution in [3.8, 4) is 5.75 Å². The van der Waals surface area contributed by atoms with Gasteiger partial charge >= 0.3 is 0 Å². The molecule has 1 N–H and O–H groups in total. The van der Waals surface area contributed by atoms with E-state index < -0.39 is 5.91 Å². The minimum Gasteiger partial charge on any atom is -0.497 e. The van der Waals surface area contributed by atoms with Gasteiger partial charge in [0, 0.05) is 37.9 Å². The molecule has 0 atom stereocenters. The number of likely N-dealkylation sites (N-methyl/N-ethyl adjacent to an activating group) is 1. The van der Waals surface area contributed by atoms with Crippen molar-refractivity contribution in [1.82, 2.24) is 14.9 Å². The molecule has 2 aromatic carbocycles. The van der Waals surface area contributed by atoms with E-state index in [1.54, 1.807) is 44.4 Å². The molecular weight excluding hydrogens is 385 g/mol. The van der Waals surface area contributed by atoms with Crippen LogP contribution in [0.15, 0.2) is 36.4 Å². The van der Waals surface area contributed by atoms with Crippen LogP contribution in [-0.2, 0) is 0 Å². The van der Waals surface area contributed by atoms with E-state index in [2.05, 4.69) is 27.2 Å². The fraction of sp³-hybridized carbons (Fsp3) is 0.318. The summed E-state index contributed by atoms with van der Waals surface area (Å²) in [4.78, 5) is 25.9. The van der Waals surface area contributed by atoms with Crippen LogP contribution in [0, 0.1) is 12.7 Å². The van der Waals surface area contributed by atoms with Gasteiger partial charge in [-0.25, -0.2) is 14.4 Å². The van der Waals surface area contributed by atoms with Crippen molar-refractivity contribution >= 4 is 28.3 Å². The molecule has 0 bridgehead atoms. The Morgan fingerprint density at radius 1 is 1.07 bits per heavy atom. The van der Waals surface area contributed by atoms with Gasteiger partial charge < -0.3 is 19.9 Å². The van der Waals surface area contributed by atoms with Crippen molar-refractivity contribution < 1.29 is 13.9 Å². The third kappa shape index (κ3) is 4.04. The third-order valence-corrected chi connectivity index (χ3v) is 5.31. The van der Waals surface area contributed by atoms with Gasteiger partial charge in [-0.15, -0.1) is 0 Å². The lowest BCUT2D eigenvalue weighted by atomic mass is 10.2. The molecule has 4 rings (SSSR count). The van der Waals surface area contributed by atoms with E-state index in [1.807, 2.05) is 4.90 Å². The fourth-order valence-electron chi connectivity index (χ4n) is 3.52. The standard InChI is InChI=1S/C22H24FN5O2/c1-14-21(22(29)25-15-4-6-16(30-3)7-5-15)26-18-12-17(23)20(13-19(18)24-14)28-10-8-27(2)9-11-28/h4-7,12-13H,8-11H2,1-3H3,(H,25,29). The van der Waals surface area contributed by atoms with Crippen molar-refractivity contribution in [2.24, 2.45) is 0 Å². The first-order chi connectivity index (χ1) is 14.4. The third-order valence-electron chi connectivity index (χ3n) is 5.31. The van der Waals surface area contributed by atoms with Crippen LogP contribution in [0.4, 0.5) is 15.8 Å². The molecule has 7 nitrogen and oxygen atoms in total. The van der Waals surface area contributed by atoms with Crippen LogP contribution >= 0.6 is 0 Å². The van der Waals surface area contributed by atoms with Gasteiger partial charge in [0.05, 0.1) is 29.5 Å². The summed E-state index contributed by atoms with van der Waals surface area (Å²) in [6.07, 6.45) is 0. The average Bonchev–Trinajstić information content (AvgIpc) is 2.74. The summed E-state index contributed by atoms with van der Waals surface area (Å²) in [7, 11) is 3.64. The van der Waals surface area contributed by atoms with Gasteiger partial charge in [-0.3, -0.25) is 4.79 Å². The molecular formula is C22H24FN5O2. The largest absolute Gasteiger partial charge is 0.497 e. The van der Waals surface area contributed by atoms with Gasteiger partial charge in [0.15, 0.2) is 0 Å².